The molecule has 2 aromatic rings. The lowest BCUT2D eigenvalue weighted by molar-refractivity contribution is 0.629. The van der Waals surface area contributed by atoms with Crippen LogP contribution in [0.25, 0.3) is 17.2 Å². The van der Waals surface area contributed by atoms with Crippen LogP contribution in [0.2, 0.25) is 0 Å². The second-order valence-electron chi connectivity index (χ2n) is 2.92. The second kappa shape index (κ2) is 3.76. The van der Waals surface area contributed by atoms with E-state index < -0.39 is 0 Å². The summed E-state index contributed by atoms with van der Waals surface area (Å²) in [7, 11) is 0. The van der Waals surface area contributed by atoms with Crippen molar-refractivity contribution < 1.29 is 4.39 Å². The predicted octanol–water partition coefficient (Wildman–Crippen LogP) is 4.20. The third-order valence-electron chi connectivity index (χ3n) is 2.08. The van der Waals surface area contributed by atoms with Crippen LogP contribution in [-0.4, -0.2) is 0 Å². The lowest BCUT2D eigenvalue weighted by atomic mass is 10.1. The number of hydrogen-bond acceptors (Lipinski definition) is 1. The van der Waals surface area contributed by atoms with Crippen molar-refractivity contribution in [2.75, 3.05) is 0 Å². The highest BCUT2D eigenvalue weighted by atomic mass is 32.1. The number of thiophene rings is 1. The van der Waals surface area contributed by atoms with Gasteiger partial charge in [0.05, 0.1) is 0 Å². The zero-order valence-electron chi connectivity index (χ0n) is 7.53. The smallest absolute Gasteiger partial charge is 0.138 e. The topological polar surface area (TPSA) is 0 Å². The highest BCUT2D eigenvalue weighted by molar-refractivity contribution is 7.08. The summed E-state index contributed by atoms with van der Waals surface area (Å²) in [5.41, 5.74) is 2.12. The van der Waals surface area contributed by atoms with Crippen molar-refractivity contribution in [1.29, 1.82) is 0 Å². The molecule has 1 aromatic heterocycles. The van der Waals surface area contributed by atoms with Crippen LogP contribution in [0.1, 0.15) is 5.56 Å². The maximum Gasteiger partial charge on any atom is 0.138 e. The van der Waals surface area contributed by atoms with Gasteiger partial charge < -0.3 is 0 Å². The predicted molar refractivity (Wildman–Crippen MR) is 59.8 cm³/mol. The standard InChI is InChI=1S/C12H9FS/c1-2-9-4-3-5-11(12(9)13)10-6-7-14-8-10/h2-8H,1H2. The first-order chi connectivity index (χ1) is 6.83. The first-order valence-electron chi connectivity index (χ1n) is 4.26. The van der Waals surface area contributed by atoms with Gasteiger partial charge in [0.15, 0.2) is 0 Å². The van der Waals surface area contributed by atoms with E-state index in [2.05, 4.69) is 6.58 Å². The fraction of sp³-hybridized carbons (Fsp3) is 0. The average Bonchev–Trinajstić information content (AvgIpc) is 2.71. The summed E-state index contributed by atoms with van der Waals surface area (Å²) in [5, 5.41) is 3.88. The Morgan fingerprint density at radius 3 is 2.79 bits per heavy atom. The van der Waals surface area contributed by atoms with Gasteiger partial charge in [-0.15, -0.1) is 0 Å². The van der Waals surface area contributed by atoms with E-state index >= 15 is 0 Å². The van der Waals surface area contributed by atoms with E-state index in [4.69, 9.17) is 0 Å². The summed E-state index contributed by atoms with van der Waals surface area (Å²) < 4.78 is 13.8. The van der Waals surface area contributed by atoms with Crippen molar-refractivity contribution in [3.8, 4) is 11.1 Å². The Hall–Kier alpha value is -1.41. The van der Waals surface area contributed by atoms with E-state index in [0.29, 0.717) is 11.1 Å². The van der Waals surface area contributed by atoms with Crippen LogP contribution >= 0.6 is 11.3 Å². The van der Waals surface area contributed by atoms with Crippen molar-refractivity contribution >= 4 is 17.4 Å². The largest absolute Gasteiger partial charge is 0.206 e. The van der Waals surface area contributed by atoms with Crippen LogP contribution in [-0.2, 0) is 0 Å². The van der Waals surface area contributed by atoms with E-state index in [9.17, 15) is 4.39 Å². The molecule has 0 radical (unpaired) electrons. The molecule has 14 heavy (non-hydrogen) atoms. The molecule has 1 heterocycles. The monoisotopic (exact) mass is 204 g/mol. The van der Waals surface area contributed by atoms with Gasteiger partial charge >= 0.3 is 0 Å². The van der Waals surface area contributed by atoms with Crippen molar-refractivity contribution in [2.24, 2.45) is 0 Å². The van der Waals surface area contributed by atoms with Gasteiger partial charge in [0.25, 0.3) is 0 Å². The summed E-state index contributed by atoms with van der Waals surface area (Å²) in [6, 6.07) is 7.26. The molecule has 0 saturated heterocycles. The van der Waals surface area contributed by atoms with Crippen LogP contribution in [0, 0.1) is 5.82 Å². The van der Waals surface area contributed by atoms with E-state index in [1.54, 1.807) is 23.5 Å². The molecule has 0 aliphatic heterocycles. The maximum atomic E-state index is 13.8. The van der Waals surface area contributed by atoms with Gasteiger partial charge in [-0.05, 0) is 22.4 Å². The molecule has 0 aliphatic rings. The van der Waals surface area contributed by atoms with Crippen LogP contribution in [0.3, 0.4) is 0 Å². The Labute approximate surface area is 86.3 Å². The van der Waals surface area contributed by atoms with Crippen LogP contribution in [0.4, 0.5) is 4.39 Å². The molecule has 0 bridgehead atoms. The van der Waals surface area contributed by atoms with Crippen molar-refractivity contribution in [3.05, 3.63) is 53.0 Å². The molecular formula is C12H9FS. The van der Waals surface area contributed by atoms with Crippen LogP contribution in [0.5, 0.6) is 0 Å². The third-order valence-corrected chi connectivity index (χ3v) is 2.76. The Morgan fingerprint density at radius 1 is 1.29 bits per heavy atom. The fourth-order valence-electron chi connectivity index (χ4n) is 1.35. The molecule has 0 unspecified atom stereocenters. The molecule has 0 fully saturated rings. The van der Waals surface area contributed by atoms with Crippen molar-refractivity contribution in [3.63, 3.8) is 0 Å². The summed E-state index contributed by atoms with van der Waals surface area (Å²) in [4.78, 5) is 0. The van der Waals surface area contributed by atoms with Gasteiger partial charge in [-0.25, -0.2) is 4.39 Å². The minimum Gasteiger partial charge on any atom is -0.206 e. The zero-order chi connectivity index (χ0) is 9.97. The normalized spacial score (nSPS) is 10.1. The fourth-order valence-corrected chi connectivity index (χ4v) is 2.00. The summed E-state index contributed by atoms with van der Waals surface area (Å²) in [6.07, 6.45) is 1.53. The summed E-state index contributed by atoms with van der Waals surface area (Å²) in [6.45, 7) is 3.58. The minimum atomic E-state index is -0.194. The van der Waals surface area contributed by atoms with Gasteiger partial charge in [-0.1, -0.05) is 30.9 Å². The first-order valence-corrected chi connectivity index (χ1v) is 5.20. The number of hydrogen-bond donors (Lipinski definition) is 0. The van der Waals surface area contributed by atoms with Gasteiger partial charge in [-0.2, -0.15) is 11.3 Å². The second-order valence-corrected chi connectivity index (χ2v) is 3.70. The Bertz CT molecular complexity index is 443. The Morgan fingerprint density at radius 2 is 2.14 bits per heavy atom. The molecule has 0 nitrogen and oxygen atoms in total. The minimum absolute atomic E-state index is 0.194. The lowest BCUT2D eigenvalue weighted by Crippen LogP contribution is -1.86. The SMILES string of the molecule is C=Cc1cccc(-c2ccsc2)c1F. The van der Waals surface area contributed by atoms with Crippen LogP contribution in [0.15, 0.2) is 41.6 Å². The summed E-state index contributed by atoms with van der Waals surface area (Å²) >= 11 is 1.56. The third kappa shape index (κ3) is 1.49. The van der Waals surface area contributed by atoms with Gasteiger partial charge in [-0.3, -0.25) is 0 Å². The number of benzene rings is 1. The van der Waals surface area contributed by atoms with Crippen molar-refractivity contribution in [2.45, 2.75) is 0 Å². The first kappa shape index (κ1) is 9.16. The Kier molecular flexibility index (Phi) is 2.46. The highest BCUT2D eigenvalue weighted by Gasteiger charge is 2.07. The van der Waals surface area contributed by atoms with Crippen molar-refractivity contribution in [1.82, 2.24) is 0 Å². The van der Waals surface area contributed by atoms with E-state index in [1.807, 2.05) is 22.9 Å². The van der Waals surface area contributed by atoms with Gasteiger partial charge in [0.2, 0.25) is 0 Å². The van der Waals surface area contributed by atoms with E-state index in [-0.39, 0.29) is 5.82 Å². The molecule has 0 atom stereocenters. The quantitative estimate of drug-likeness (QED) is 0.687. The molecule has 1 aromatic carbocycles. The molecule has 2 rings (SSSR count). The molecule has 0 saturated carbocycles. The molecule has 2 heteroatoms. The number of rotatable bonds is 2. The summed E-state index contributed by atoms with van der Waals surface area (Å²) in [5.74, 6) is -0.194. The highest BCUT2D eigenvalue weighted by Crippen LogP contribution is 2.27. The zero-order valence-corrected chi connectivity index (χ0v) is 8.35. The Balaban J connectivity index is 2.60. The lowest BCUT2D eigenvalue weighted by Gasteiger charge is -2.02. The molecule has 0 aliphatic carbocycles. The van der Waals surface area contributed by atoms with E-state index in [0.717, 1.165) is 5.56 Å². The maximum absolute atomic E-state index is 13.8. The molecular weight excluding hydrogens is 195 g/mol. The molecule has 0 spiro atoms. The average molecular weight is 204 g/mol. The van der Waals surface area contributed by atoms with Gasteiger partial charge in [0, 0.05) is 11.1 Å². The molecule has 70 valence electrons. The van der Waals surface area contributed by atoms with Gasteiger partial charge in [0.1, 0.15) is 5.82 Å². The number of halogens is 1. The van der Waals surface area contributed by atoms with Crippen LogP contribution < -0.4 is 0 Å². The molecule has 0 amide bonds. The van der Waals surface area contributed by atoms with E-state index in [1.165, 1.54) is 6.08 Å². The molecule has 0 N–H and O–H groups in total.